The van der Waals surface area contributed by atoms with Crippen molar-refractivity contribution >= 4 is 36.9 Å². The van der Waals surface area contributed by atoms with Crippen molar-refractivity contribution in [2.24, 2.45) is 0 Å². The predicted molar refractivity (Wildman–Crippen MR) is 64.6 cm³/mol. The van der Waals surface area contributed by atoms with E-state index in [1.165, 1.54) is 10.2 Å². The molecule has 0 radical (unpaired) electrons. The summed E-state index contributed by atoms with van der Waals surface area (Å²) in [7, 11) is -3.24. The normalized spacial score (nSPS) is 12.2. The highest BCUT2D eigenvalue weighted by atomic mass is 79.9. The molecular weight excluding hydrogens is 278 g/mol. The van der Waals surface area contributed by atoms with Crippen LogP contribution < -0.4 is 0 Å². The van der Waals surface area contributed by atoms with Crippen LogP contribution in [-0.4, -0.2) is 18.6 Å². The first-order chi connectivity index (χ1) is 6.89. The van der Waals surface area contributed by atoms with Crippen LogP contribution in [0.2, 0.25) is 0 Å². The summed E-state index contributed by atoms with van der Waals surface area (Å²) in [6.45, 7) is 1.94. The van der Waals surface area contributed by atoms with E-state index < -0.39 is 10.0 Å². The van der Waals surface area contributed by atoms with E-state index in [1.807, 2.05) is 25.1 Å². The Morgan fingerprint density at radius 3 is 2.60 bits per heavy atom. The summed E-state index contributed by atoms with van der Waals surface area (Å²) < 4.78 is 25.1. The van der Waals surface area contributed by atoms with Crippen molar-refractivity contribution in [3.8, 4) is 0 Å². The Kier molecular flexibility index (Phi) is 2.39. The summed E-state index contributed by atoms with van der Waals surface area (Å²) in [5, 5.41) is 0.908. The molecular formula is C10H10BrNO2S. The smallest absolute Gasteiger partial charge is 0.236 e. The maximum atomic E-state index is 11.5. The van der Waals surface area contributed by atoms with Crippen molar-refractivity contribution in [3.05, 3.63) is 34.4 Å². The Labute approximate surface area is 96.9 Å². The molecule has 0 saturated carbocycles. The first-order valence-electron chi connectivity index (χ1n) is 4.37. The van der Waals surface area contributed by atoms with Crippen molar-refractivity contribution in [1.82, 2.24) is 3.97 Å². The number of hydrogen-bond donors (Lipinski definition) is 0. The monoisotopic (exact) mass is 287 g/mol. The van der Waals surface area contributed by atoms with Gasteiger partial charge in [0, 0.05) is 16.1 Å². The highest BCUT2D eigenvalue weighted by Crippen LogP contribution is 2.27. The van der Waals surface area contributed by atoms with E-state index in [0.717, 1.165) is 15.4 Å². The van der Waals surface area contributed by atoms with Crippen LogP contribution >= 0.6 is 15.9 Å². The molecule has 80 valence electrons. The zero-order valence-corrected chi connectivity index (χ0v) is 10.8. The number of hydrogen-bond acceptors (Lipinski definition) is 2. The van der Waals surface area contributed by atoms with Crippen LogP contribution in [0.3, 0.4) is 0 Å². The molecule has 0 unspecified atom stereocenters. The summed E-state index contributed by atoms with van der Waals surface area (Å²) in [6.07, 6.45) is 2.78. The molecule has 0 spiro atoms. The molecule has 3 nitrogen and oxygen atoms in total. The van der Waals surface area contributed by atoms with Gasteiger partial charge in [0.25, 0.3) is 0 Å². The SMILES string of the molecule is Cc1ccc2c(Br)cn(S(C)(=O)=O)c2c1. The minimum atomic E-state index is -3.24. The van der Waals surface area contributed by atoms with E-state index in [2.05, 4.69) is 15.9 Å². The first-order valence-corrected chi connectivity index (χ1v) is 7.01. The molecule has 15 heavy (non-hydrogen) atoms. The van der Waals surface area contributed by atoms with E-state index in [9.17, 15) is 8.42 Å². The van der Waals surface area contributed by atoms with Crippen molar-refractivity contribution in [3.63, 3.8) is 0 Å². The average molecular weight is 288 g/mol. The maximum absolute atomic E-state index is 11.5. The second-order valence-electron chi connectivity index (χ2n) is 3.56. The van der Waals surface area contributed by atoms with Crippen molar-refractivity contribution in [2.75, 3.05) is 6.26 Å². The van der Waals surface area contributed by atoms with Crippen LogP contribution in [0, 0.1) is 6.92 Å². The summed E-state index contributed by atoms with van der Waals surface area (Å²) in [6, 6.07) is 5.73. The molecule has 0 amide bonds. The molecule has 1 aromatic heterocycles. The average Bonchev–Trinajstić information content (AvgIpc) is 2.42. The van der Waals surface area contributed by atoms with Crippen molar-refractivity contribution < 1.29 is 8.42 Å². The van der Waals surface area contributed by atoms with E-state index >= 15 is 0 Å². The molecule has 2 aromatic rings. The van der Waals surface area contributed by atoms with Gasteiger partial charge in [-0.25, -0.2) is 12.4 Å². The first kappa shape index (κ1) is 10.7. The number of aromatic nitrogens is 1. The van der Waals surface area contributed by atoms with Crippen LogP contribution in [0.15, 0.2) is 28.9 Å². The fourth-order valence-corrected chi connectivity index (χ4v) is 3.02. The summed E-state index contributed by atoms with van der Waals surface area (Å²) in [4.78, 5) is 0. The Morgan fingerprint density at radius 2 is 2.00 bits per heavy atom. The van der Waals surface area contributed by atoms with Gasteiger partial charge in [0.05, 0.1) is 11.8 Å². The van der Waals surface area contributed by atoms with Crippen molar-refractivity contribution in [2.45, 2.75) is 6.92 Å². The van der Waals surface area contributed by atoms with Gasteiger partial charge in [0.2, 0.25) is 10.0 Å². The molecule has 0 atom stereocenters. The maximum Gasteiger partial charge on any atom is 0.236 e. The minimum absolute atomic E-state index is 0.712. The second-order valence-corrected chi connectivity index (χ2v) is 6.27. The van der Waals surface area contributed by atoms with Crippen LogP contribution in [0.1, 0.15) is 5.56 Å². The number of aryl methyl sites for hydroxylation is 1. The molecule has 1 heterocycles. The molecule has 0 bridgehead atoms. The van der Waals surface area contributed by atoms with Gasteiger partial charge < -0.3 is 0 Å². The van der Waals surface area contributed by atoms with Gasteiger partial charge >= 0.3 is 0 Å². The third-order valence-electron chi connectivity index (χ3n) is 2.24. The Morgan fingerprint density at radius 1 is 1.33 bits per heavy atom. The van der Waals surface area contributed by atoms with Gasteiger partial charge in [-0.15, -0.1) is 0 Å². The highest BCUT2D eigenvalue weighted by molar-refractivity contribution is 9.10. The number of benzene rings is 1. The Hall–Kier alpha value is -0.810. The Bertz CT molecular complexity index is 628. The van der Waals surface area contributed by atoms with Gasteiger partial charge in [-0.3, -0.25) is 0 Å². The Balaban J connectivity index is 2.94. The lowest BCUT2D eigenvalue weighted by Crippen LogP contribution is -2.08. The van der Waals surface area contributed by atoms with E-state index in [-0.39, 0.29) is 0 Å². The van der Waals surface area contributed by atoms with E-state index in [4.69, 9.17) is 0 Å². The quantitative estimate of drug-likeness (QED) is 0.809. The third kappa shape index (κ3) is 1.81. The van der Waals surface area contributed by atoms with E-state index in [1.54, 1.807) is 6.20 Å². The summed E-state index contributed by atoms with van der Waals surface area (Å²) in [5.74, 6) is 0. The van der Waals surface area contributed by atoms with Crippen LogP contribution in [0.4, 0.5) is 0 Å². The van der Waals surface area contributed by atoms with Crippen LogP contribution in [0.25, 0.3) is 10.9 Å². The lowest BCUT2D eigenvalue weighted by atomic mass is 10.2. The lowest BCUT2D eigenvalue weighted by molar-refractivity contribution is 0.595. The molecule has 0 fully saturated rings. The molecule has 0 aliphatic carbocycles. The fraction of sp³-hybridized carbons (Fsp3) is 0.200. The van der Waals surface area contributed by atoms with Gasteiger partial charge in [-0.1, -0.05) is 12.1 Å². The van der Waals surface area contributed by atoms with Crippen LogP contribution in [0.5, 0.6) is 0 Å². The topological polar surface area (TPSA) is 39.1 Å². The zero-order chi connectivity index (χ0) is 11.2. The number of nitrogens with zero attached hydrogens (tertiary/aromatic N) is 1. The molecule has 0 N–H and O–H groups in total. The molecule has 0 aliphatic rings. The van der Waals surface area contributed by atoms with Gasteiger partial charge in [0.1, 0.15) is 0 Å². The van der Waals surface area contributed by atoms with Gasteiger partial charge in [0.15, 0.2) is 0 Å². The van der Waals surface area contributed by atoms with Gasteiger partial charge in [-0.2, -0.15) is 0 Å². The number of halogens is 1. The van der Waals surface area contributed by atoms with E-state index in [0.29, 0.717) is 5.52 Å². The fourth-order valence-electron chi connectivity index (χ4n) is 1.54. The molecule has 1 aromatic carbocycles. The summed E-state index contributed by atoms with van der Waals surface area (Å²) in [5.41, 5.74) is 1.75. The molecule has 5 heteroatoms. The third-order valence-corrected chi connectivity index (χ3v) is 3.88. The minimum Gasteiger partial charge on any atom is -0.244 e. The largest absolute Gasteiger partial charge is 0.244 e. The number of rotatable bonds is 1. The summed E-state index contributed by atoms with van der Waals surface area (Å²) >= 11 is 3.35. The standard InChI is InChI=1S/C10H10BrNO2S/c1-7-3-4-8-9(11)6-12(10(8)5-7)15(2,13)14/h3-6H,1-2H3. The molecule has 0 saturated heterocycles. The predicted octanol–water partition coefficient (Wildman–Crippen LogP) is 2.52. The lowest BCUT2D eigenvalue weighted by Gasteiger charge is -2.01. The second kappa shape index (κ2) is 3.35. The van der Waals surface area contributed by atoms with Crippen molar-refractivity contribution in [1.29, 1.82) is 0 Å². The molecule has 2 rings (SSSR count). The zero-order valence-electron chi connectivity index (χ0n) is 8.36. The van der Waals surface area contributed by atoms with Gasteiger partial charge in [-0.05, 0) is 34.5 Å². The van der Waals surface area contributed by atoms with Crippen LogP contribution in [-0.2, 0) is 10.0 Å². The number of fused-ring (bicyclic) bond motifs is 1. The molecule has 0 aliphatic heterocycles. The highest BCUT2D eigenvalue weighted by Gasteiger charge is 2.12.